The lowest BCUT2D eigenvalue weighted by Crippen LogP contribution is -2.03. The molecule has 2 heterocycles. The van der Waals surface area contributed by atoms with E-state index in [-0.39, 0.29) is 0 Å². The van der Waals surface area contributed by atoms with Crippen LogP contribution >= 0.6 is 0 Å². The highest BCUT2D eigenvalue weighted by molar-refractivity contribution is 5.67. The number of hydrogen-bond acceptors (Lipinski definition) is 8. The molecule has 0 saturated carbocycles. The Labute approximate surface area is 157 Å². The molecule has 0 atom stereocenters. The fourth-order valence-corrected chi connectivity index (χ4v) is 2.54. The molecule has 0 spiro atoms. The van der Waals surface area contributed by atoms with Gasteiger partial charge in [0.15, 0.2) is 11.5 Å². The Morgan fingerprint density at radius 3 is 2.15 bits per heavy atom. The summed E-state index contributed by atoms with van der Waals surface area (Å²) >= 11 is 0. The van der Waals surface area contributed by atoms with Crippen molar-refractivity contribution in [2.75, 3.05) is 32.0 Å². The lowest BCUT2D eigenvalue weighted by molar-refractivity contribution is 0.324. The van der Waals surface area contributed by atoms with Crippen molar-refractivity contribution >= 4 is 23.3 Å². The number of nitrogens with one attached hydrogen (secondary N) is 2. The van der Waals surface area contributed by atoms with E-state index in [9.17, 15) is 0 Å². The Morgan fingerprint density at radius 2 is 1.56 bits per heavy atom. The van der Waals surface area contributed by atoms with Crippen LogP contribution in [0.4, 0.5) is 23.3 Å². The van der Waals surface area contributed by atoms with Crippen LogP contribution in [0.5, 0.6) is 17.2 Å². The van der Waals surface area contributed by atoms with Crippen molar-refractivity contribution in [3.63, 3.8) is 0 Å². The molecule has 3 aromatic rings. The van der Waals surface area contributed by atoms with Crippen molar-refractivity contribution in [2.24, 2.45) is 0 Å². The van der Waals surface area contributed by atoms with Crippen LogP contribution in [0.15, 0.2) is 42.6 Å². The minimum atomic E-state index is 0.448. The molecule has 3 rings (SSSR count). The molecular formula is C19H21N5O3. The van der Waals surface area contributed by atoms with Crippen molar-refractivity contribution in [1.82, 2.24) is 15.0 Å². The van der Waals surface area contributed by atoms with Crippen LogP contribution in [0.25, 0.3) is 0 Å². The topological polar surface area (TPSA) is 90.4 Å². The van der Waals surface area contributed by atoms with E-state index in [1.54, 1.807) is 27.5 Å². The first-order chi connectivity index (χ1) is 13.1. The summed E-state index contributed by atoms with van der Waals surface area (Å²) in [6, 6.07) is 11.0. The third kappa shape index (κ3) is 4.35. The van der Waals surface area contributed by atoms with Gasteiger partial charge in [-0.25, -0.2) is 9.97 Å². The molecule has 0 fully saturated rings. The average Bonchev–Trinajstić information content (AvgIpc) is 2.67. The Morgan fingerprint density at radius 1 is 0.815 bits per heavy atom. The summed E-state index contributed by atoms with van der Waals surface area (Å²) in [6.07, 6.45) is 1.70. The van der Waals surface area contributed by atoms with Gasteiger partial charge in [-0.15, -0.1) is 0 Å². The number of nitrogens with zero attached hydrogens (tertiary/aromatic N) is 3. The first-order valence-corrected chi connectivity index (χ1v) is 8.23. The monoisotopic (exact) mass is 367 g/mol. The Kier molecular flexibility index (Phi) is 5.55. The normalized spacial score (nSPS) is 10.2. The molecule has 0 aliphatic carbocycles. The van der Waals surface area contributed by atoms with Gasteiger partial charge in [0.25, 0.3) is 0 Å². The van der Waals surface area contributed by atoms with Gasteiger partial charge in [0.2, 0.25) is 11.7 Å². The zero-order valence-electron chi connectivity index (χ0n) is 15.6. The van der Waals surface area contributed by atoms with Crippen molar-refractivity contribution in [2.45, 2.75) is 6.92 Å². The van der Waals surface area contributed by atoms with E-state index in [1.165, 1.54) is 0 Å². The minimum absolute atomic E-state index is 0.448. The largest absolute Gasteiger partial charge is 0.493 e. The molecule has 2 aromatic heterocycles. The molecule has 0 bridgehead atoms. The van der Waals surface area contributed by atoms with E-state index >= 15 is 0 Å². The van der Waals surface area contributed by atoms with E-state index < -0.39 is 0 Å². The third-order valence-corrected chi connectivity index (χ3v) is 3.70. The number of rotatable bonds is 7. The zero-order chi connectivity index (χ0) is 19.2. The van der Waals surface area contributed by atoms with Gasteiger partial charge in [-0.1, -0.05) is 6.07 Å². The number of anilines is 4. The third-order valence-electron chi connectivity index (χ3n) is 3.70. The van der Waals surface area contributed by atoms with E-state index in [1.807, 2.05) is 43.3 Å². The van der Waals surface area contributed by atoms with Gasteiger partial charge in [-0.2, -0.15) is 4.98 Å². The summed E-state index contributed by atoms with van der Waals surface area (Å²) in [5.41, 5.74) is 1.55. The van der Waals surface area contributed by atoms with Gasteiger partial charge >= 0.3 is 0 Å². The predicted molar refractivity (Wildman–Crippen MR) is 104 cm³/mol. The molecule has 0 aliphatic heterocycles. The molecule has 0 radical (unpaired) electrons. The molecule has 27 heavy (non-hydrogen) atoms. The van der Waals surface area contributed by atoms with Crippen LogP contribution in [-0.2, 0) is 0 Å². The fourth-order valence-electron chi connectivity index (χ4n) is 2.54. The van der Waals surface area contributed by atoms with Crippen molar-refractivity contribution in [3.8, 4) is 17.2 Å². The average molecular weight is 367 g/mol. The van der Waals surface area contributed by atoms with Gasteiger partial charge in [0.05, 0.1) is 21.3 Å². The van der Waals surface area contributed by atoms with Gasteiger partial charge < -0.3 is 24.8 Å². The highest BCUT2D eigenvalue weighted by Gasteiger charge is 2.14. The fraction of sp³-hybridized carbons (Fsp3) is 0.211. The quantitative estimate of drug-likeness (QED) is 0.653. The number of pyridine rings is 1. The van der Waals surface area contributed by atoms with Crippen molar-refractivity contribution in [3.05, 3.63) is 48.3 Å². The number of benzene rings is 1. The lowest BCUT2D eigenvalue weighted by atomic mass is 10.2. The van der Waals surface area contributed by atoms with Crippen LogP contribution in [0.1, 0.15) is 5.69 Å². The number of aryl methyl sites for hydroxylation is 1. The molecule has 8 nitrogen and oxygen atoms in total. The molecule has 1 aromatic carbocycles. The Bertz CT molecular complexity index is 893. The summed E-state index contributed by atoms with van der Waals surface area (Å²) in [4.78, 5) is 13.1. The lowest BCUT2D eigenvalue weighted by Gasteiger charge is -2.15. The smallest absolute Gasteiger partial charge is 0.230 e. The highest BCUT2D eigenvalue weighted by Crippen LogP contribution is 2.40. The number of ether oxygens (including phenoxy) is 3. The van der Waals surface area contributed by atoms with E-state index in [4.69, 9.17) is 14.2 Å². The standard InChI is InChI=1S/C19H21N5O3/c1-12-9-17(24-19(21-12)23-16-7-5-6-8-20-16)22-13-10-14(25-2)18(27-4)15(11-13)26-3/h5-11H,1-4H3,(H2,20,21,22,23,24). The van der Waals surface area contributed by atoms with E-state index in [0.717, 1.165) is 11.4 Å². The molecule has 0 amide bonds. The van der Waals surface area contributed by atoms with Crippen LogP contribution in [0.2, 0.25) is 0 Å². The van der Waals surface area contributed by atoms with E-state index in [0.29, 0.717) is 34.8 Å². The number of methoxy groups -OCH3 is 3. The molecular weight excluding hydrogens is 346 g/mol. The maximum atomic E-state index is 5.39. The van der Waals surface area contributed by atoms with Gasteiger partial charge in [-0.05, 0) is 19.1 Å². The van der Waals surface area contributed by atoms with Crippen LogP contribution in [0.3, 0.4) is 0 Å². The van der Waals surface area contributed by atoms with Gasteiger partial charge in [0.1, 0.15) is 11.6 Å². The second-order valence-electron chi connectivity index (χ2n) is 5.60. The Hall–Kier alpha value is -3.55. The number of aromatic nitrogens is 3. The first kappa shape index (κ1) is 18.2. The predicted octanol–water partition coefficient (Wildman–Crippen LogP) is 3.69. The van der Waals surface area contributed by atoms with Crippen LogP contribution in [0, 0.1) is 6.92 Å². The van der Waals surface area contributed by atoms with Gasteiger partial charge in [0, 0.05) is 35.8 Å². The molecule has 0 saturated heterocycles. The summed E-state index contributed by atoms with van der Waals surface area (Å²) in [7, 11) is 4.71. The summed E-state index contributed by atoms with van der Waals surface area (Å²) < 4.78 is 16.1. The van der Waals surface area contributed by atoms with Gasteiger partial charge in [-0.3, -0.25) is 0 Å². The maximum Gasteiger partial charge on any atom is 0.230 e. The summed E-state index contributed by atoms with van der Waals surface area (Å²) in [6.45, 7) is 1.89. The molecule has 8 heteroatoms. The maximum absolute atomic E-state index is 5.39. The van der Waals surface area contributed by atoms with Crippen molar-refractivity contribution < 1.29 is 14.2 Å². The second-order valence-corrected chi connectivity index (χ2v) is 5.60. The molecule has 140 valence electrons. The van der Waals surface area contributed by atoms with Crippen LogP contribution < -0.4 is 24.8 Å². The summed E-state index contributed by atoms with van der Waals surface area (Å²) in [5.74, 6) is 3.37. The molecule has 0 aliphatic rings. The van der Waals surface area contributed by atoms with Crippen molar-refractivity contribution in [1.29, 1.82) is 0 Å². The van der Waals surface area contributed by atoms with E-state index in [2.05, 4.69) is 25.6 Å². The zero-order valence-corrected chi connectivity index (χ0v) is 15.6. The molecule has 0 unspecified atom stereocenters. The second kappa shape index (κ2) is 8.22. The molecule has 2 N–H and O–H groups in total. The minimum Gasteiger partial charge on any atom is -0.493 e. The highest BCUT2D eigenvalue weighted by atomic mass is 16.5. The Balaban J connectivity index is 1.89. The number of hydrogen-bond donors (Lipinski definition) is 2. The SMILES string of the molecule is COc1cc(Nc2cc(C)nc(Nc3ccccn3)n2)cc(OC)c1OC. The first-order valence-electron chi connectivity index (χ1n) is 8.23. The summed E-state index contributed by atoms with van der Waals surface area (Å²) in [5, 5.41) is 6.34. The van der Waals surface area contributed by atoms with Crippen LogP contribution in [-0.4, -0.2) is 36.3 Å².